The Morgan fingerprint density at radius 1 is 0.838 bits per heavy atom. The molecule has 1 amide bonds. The minimum Gasteiger partial charge on any atom is -0.504 e. The molecule has 188 valence electrons. The summed E-state index contributed by atoms with van der Waals surface area (Å²) >= 11 is 0. The average molecular weight is 502 g/mol. The number of benzene rings is 3. The van der Waals surface area contributed by atoms with Gasteiger partial charge in [-0.05, 0) is 77.9 Å². The molecule has 1 aromatic heterocycles. The van der Waals surface area contributed by atoms with Crippen LogP contribution in [0.5, 0.6) is 23.0 Å². The Morgan fingerprint density at radius 3 is 1.97 bits per heavy atom. The number of aromatic nitrogens is 2. The summed E-state index contributed by atoms with van der Waals surface area (Å²) < 4.78 is 24.7. The lowest BCUT2D eigenvalue weighted by Crippen LogP contribution is -2.21. The highest BCUT2D eigenvalue weighted by molar-refractivity contribution is 5.92. The van der Waals surface area contributed by atoms with E-state index in [1.807, 2.05) is 0 Å². The van der Waals surface area contributed by atoms with Crippen LogP contribution in [-0.2, 0) is 0 Å². The zero-order chi connectivity index (χ0) is 26.4. The number of anilines is 1. The first-order chi connectivity index (χ1) is 17.9. The number of hydrogen-bond donors (Lipinski definition) is 3. The van der Waals surface area contributed by atoms with Gasteiger partial charge in [0.05, 0.1) is 25.6 Å². The number of carbonyl (C=O) groups is 1. The molecule has 8 nitrogen and oxygen atoms in total. The molecule has 0 aliphatic carbocycles. The van der Waals surface area contributed by atoms with Crippen LogP contribution in [-0.4, -0.2) is 40.2 Å². The third-order valence-corrected chi connectivity index (χ3v) is 5.34. The van der Waals surface area contributed by atoms with Crippen molar-refractivity contribution in [2.24, 2.45) is 0 Å². The molecule has 0 saturated carbocycles. The molecular formula is C28H24FN3O5. The van der Waals surface area contributed by atoms with Gasteiger partial charge >= 0.3 is 6.03 Å². The molecule has 4 aromatic rings. The van der Waals surface area contributed by atoms with Crippen molar-refractivity contribution in [1.82, 2.24) is 9.78 Å². The van der Waals surface area contributed by atoms with Gasteiger partial charge in [-0.3, -0.25) is 0 Å². The van der Waals surface area contributed by atoms with Gasteiger partial charge in [0.25, 0.3) is 0 Å². The molecule has 4 rings (SSSR count). The molecule has 1 heterocycles. The fraction of sp³-hybridized carbons (Fsp3) is 0.0714. The lowest BCUT2D eigenvalue weighted by molar-refractivity contribution is 0.250. The molecule has 0 aliphatic rings. The normalized spacial score (nSPS) is 11.2. The quantitative estimate of drug-likeness (QED) is 0.292. The molecule has 0 unspecified atom stereocenters. The van der Waals surface area contributed by atoms with Crippen LogP contribution in [0.3, 0.4) is 0 Å². The first kappa shape index (κ1) is 25.1. The summed E-state index contributed by atoms with van der Waals surface area (Å²) in [6, 6.07) is 16.3. The van der Waals surface area contributed by atoms with E-state index in [4.69, 9.17) is 9.47 Å². The molecule has 0 spiro atoms. The second kappa shape index (κ2) is 11.1. The summed E-state index contributed by atoms with van der Waals surface area (Å²) in [4.78, 5) is 13.0. The third kappa shape index (κ3) is 6.15. The Bertz CT molecular complexity index is 1480. The number of nitrogens with zero attached hydrogens (tertiary/aromatic N) is 2. The van der Waals surface area contributed by atoms with Crippen molar-refractivity contribution in [3.8, 4) is 23.0 Å². The SMILES string of the molecule is COc1cc(/C=C/c2cc(/C=C/c3ccc(O)c(OC)c3)n(C(=O)Nc3ccc(F)cc3)n2)ccc1O. The number of phenolic OH excluding ortho intramolecular Hbond substituents is 2. The fourth-order valence-electron chi connectivity index (χ4n) is 3.45. The van der Waals surface area contributed by atoms with E-state index in [0.29, 0.717) is 28.6 Å². The number of aromatic hydroxyl groups is 2. The smallest absolute Gasteiger partial charge is 0.347 e. The van der Waals surface area contributed by atoms with Crippen LogP contribution in [0.4, 0.5) is 14.9 Å². The Balaban J connectivity index is 1.66. The van der Waals surface area contributed by atoms with Crippen LogP contribution in [0.2, 0.25) is 0 Å². The molecule has 0 radical (unpaired) electrons. The summed E-state index contributed by atoms with van der Waals surface area (Å²) in [5, 5.41) is 26.7. The molecular weight excluding hydrogens is 477 g/mol. The van der Waals surface area contributed by atoms with Crippen LogP contribution >= 0.6 is 0 Å². The summed E-state index contributed by atoms with van der Waals surface area (Å²) in [6.45, 7) is 0. The number of ether oxygens (including phenoxy) is 2. The van der Waals surface area contributed by atoms with Gasteiger partial charge in [0.1, 0.15) is 5.82 Å². The maximum absolute atomic E-state index is 13.3. The first-order valence-corrected chi connectivity index (χ1v) is 11.1. The van der Waals surface area contributed by atoms with Crippen molar-refractivity contribution in [2.75, 3.05) is 19.5 Å². The zero-order valence-electron chi connectivity index (χ0n) is 20.1. The number of rotatable bonds is 7. The Morgan fingerprint density at radius 2 is 1.41 bits per heavy atom. The fourth-order valence-corrected chi connectivity index (χ4v) is 3.45. The molecule has 0 atom stereocenters. The zero-order valence-corrected chi connectivity index (χ0v) is 20.1. The number of nitrogens with one attached hydrogen (secondary N) is 1. The van der Waals surface area contributed by atoms with Gasteiger partial charge < -0.3 is 25.0 Å². The summed E-state index contributed by atoms with van der Waals surface area (Å²) in [5.74, 6) is 0.279. The third-order valence-electron chi connectivity index (χ3n) is 5.34. The summed E-state index contributed by atoms with van der Waals surface area (Å²) in [6.07, 6.45) is 6.93. The largest absolute Gasteiger partial charge is 0.504 e. The molecule has 0 fully saturated rings. The lowest BCUT2D eigenvalue weighted by Gasteiger charge is -2.07. The van der Waals surface area contributed by atoms with E-state index in [2.05, 4.69) is 10.4 Å². The number of halogens is 1. The second-order valence-corrected chi connectivity index (χ2v) is 7.87. The maximum atomic E-state index is 13.3. The minimum absolute atomic E-state index is 0.0154. The monoisotopic (exact) mass is 501 g/mol. The van der Waals surface area contributed by atoms with Gasteiger partial charge in [-0.2, -0.15) is 9.78 Å². The van der Waals surface area contributed by atoms with E-state index >= 15 is 0 Å². The Kier molecular flexibility index (Phi) is 7.53. The van der Waals surface area contributed by atoms with Crippen molar-refractivity contribution in [3.05, 3.63) is 95.1 Å². The number of hydrogen-bond acceptors (Lipinski definition) is 6. The number of methoxy groups -OCH3 is 2. The average Bonchev–Trinajstić information content (AvgIpc) is 3.32. The van der Waals surface area contributed by atoms with Crippen LogP contribution < -0.4 is 14.8 Å². The lowest BCUT2D eigenvalue weighted by atomic mass is 10.1. The van der Waals surface area contributed by atoms with Gasteiger partial charge in [0.2, 0.25) is 0 Å². The van der Waals surface area contributed by atoms with E-state index in [0.717, 1.165) is 11.1 Å². The van der Waals surface area contributed by atoms with Crippen LogP contribution in [0.15, 0.2) is 66.7 Å². The maximum Gasteiger partial charge on any atom is 0.347 e. The highest BCUT2D eigenvalue weighted by atomic mass is 19.1. The molecule has 0 bridgehead atoms. The van der Waals surface area contributed by atoms with Crippen molar-refractivity contribution < 1.29 is 28.9 Å². The van der Waals surface area contributed by atoms with E-state index in [-0.39, 0.29) is 11.5 Å². The van der Waals surface area contributed by atoms with Gasteiger partial charge in [-0.25, -0.2) is 9.18 Å². The predicted molar refractivity (Wildman–Crippen MR) is 140 cm³/mol. The molecule has 37 heavy (non-hydrogen) atoms. The van der Waals surface area contributed by atoms with E-state index in [1.54, 1.807) is 54.6 Å². The number of carbonyl (C=O) groups excluding carboxylic acids is 1. The Labute approximate surface area is 212 Å². The Hall–Kier alpha value is -5.05. The van der Waals surface area contributed by atoms with Gasteiger partial charge in [-0.1, -0.05) is 24.3 Å². The topological polar surface area (TPSA) is 106 Å². The molecule has 3 N–H and O–H groups in total. The number of amides is 1. The number of phenols is 2. The van der Waals surface area contributed by atoms with E-state index < -0.39 is 11.8 Å². The minimum atomic E-state index is -0.541. The summed E-state index contributed by atoms with van der Waals surface area (Å²) in [5.41, 5.74) is 2.86. The first-order valence-electron chi connectivity index (χ1n) is 11.1. The van der Waals surface area contributed by atoms with Gasteiger partial charge in [0.15, 0.2) is 23.0 Å². The van der Waals surface area contributed by atoms with Gasteiger partial charge in [-0.15, -0.1) is 0 Å². The standard InChI is InChI=1S/C28H24FN3O5/c1-36-26-15-18(5-13-24(26)33)3-9-22-17-23(12-4-19-6-14-25(34)27(16-19)37-2)32(31-22)28(35)30-21-10-7-20(29)8-11-21/h3-17,33-34H,1-2H3,(H,30,35)/b9-3+,12-4+. The molecule has 3 aromatic carbocycles. The van der Waals surface area contributed by atoms with Crippen LogP contribution in [0.25, 0.3) is 24.3 Å². The van der Waals surface area contributed by atoms with Crippen molar-refractivity contribution >= 4 is 36.0 Å². The molecule has 0 saturated heterocycles. The predicted octanol–water partition coefficient (Wildman–Crippen LogP) is 5.87. The van der Waals surface area contributed by atoms with Crippen LogP contribution in [0, 0.1) is 5.82 Å². The van der Waals surface area contributed by atoms with E-state index in [9.17, 15) is 19.4 Å². The van der Waals surface area contributed by atoms with Crippen molar-refractivity contribution in [1.29, 1.82) is 0 Å². The van der Waals surface area contributed by atoms with Crippen LogP contribution in [0.1, 0.15) is 22.5 Å². The van der Waals surface area contributed by atoms with Crippen molar-refractivity contribution in [2.45, 2.75) is 0 Å². The van der Waals surface area contributed by atoms with Gasteiger partial charge in [0, 0.05) is 5.69 Å². The molecule has 0 aliphatic heterocycles. The second-order valence-electron chi connectivity index (χ2n) is 7.87. The highest BCUT2D eigenvalue weighted by Crippen LogP contribution is 2.28. The molecule has 9 heteroatoms. The van der Waals surface area contributed by atoms with E-state index in [1.165, 1.54) is 55.3 Å². The summed E-state index contributed by atoms with van der Waals surface area (Å²) in [7, 11) is 2.92. The van der Waals surface area contributed by atoms with Crippen molar-refractivity contribution in [3.63, 3.8) is 0 Å². The highest BCUT2D eigenvalue weighted by Gasteiger charge is 2.13.